The number of nitrogens with zero attached hydrogens (tertiary/aromatic N) is 3. The van der Waals surface area contributed by atoms with Gasteiger partial charge in [0.25, 0.3) is 5.91 Å². The SMILES string of the molecule is CCOc1cc(C(=O)N(C)[C@H](c2cncc(C=[NH2+])c2N)C2CN(CC)C2)ccc1-c1cccc(Cl)c1. The minimum absolute atomic E-state index is 0.116. The number of hydrogen-bond acceptors (Lipinski definition) is 5. The van der Waals surface area contributed by atoms with E-state index in [0.29, 0.717) is 34.2 Å². The minimum Gasteiger partial charge on any atom is -0.493 e. The monoisotopic (exact) mass is 506 g/mol. The van der Waals surface area contributed by atoms with Gasteiger partial charge in [-0.1, -0.05) is 30.7 Å². The van der Waals surface area contributed by atoms with Crippen LogP contribution in [0.25, 0.3) is 11.1 Å². The molecule has 0 radical (unpaired) electrons. The van der Waals surface area contributed by atoms with E-state index in [1.54, 1.807) is 23.4 Å². The summed E-state index contributed by atoms with van der Waals surface area (Å²) in [5.41, 5.74) is 10.9. The van der Waals surface area contributed by atoms with Crippen molar-refractivity contribution in [2.45, 2.75) is 19.9 Å². The Hall–Kier alpha value is -3.42. The molecule has 188 valence electrons. The predicted molar refractivity (Wildman–Crippen MR) is 144 cm³/mol. The fourth-order valence-electron chi connectivity index (χ4n) is 4.87. The molecule has 3 aromatic rings. The second-order valence-electron chi connectivity index (χ2n) is 9.03. The highest BCUT2D eigenvalue weighted by Gasteiger charge is 2.39. The molecule has 1 amide bonds. The van der Waals surface area contributed by atoms with Crippen molar-refractivity contribution in [3.05, 3.63) is 76.6 Å². The quantitative estimate of drug-likeness (QED) is 0.434. The summed E-state index contributed by atoms with van der Waals surface area (Å²) in [7, 11) is 1.82. The first-order valence-electron chi connectivity index (χ1n) is 12.2. The average molecular weight is 507 g/mol. The zero-order valence-electron chi connectivity index (χ0n) is 20.9. The summed E-state index contributed by atoms with van der Waals surface area (Å²) in [5, 5.41) is 6.41. The van der Waals surface area contributed by atoms with Gasteiger partial charge in [0.2, 0.25) is 0 Å². The zero-order valence-corrected chi connectivity index (χ0v) is 21.7. The molecule has 2 heterocycles. The molecule has 1 aliphatic heterocycles. The van der Waals surface area contributed by atoms with Crippen LogP contribution in [0.3, 0.4) is 0 Å². The van der Waals surface area contributed by atoms with E-state index >= 15 is 0 Å². The summed E-state index contributed by atoms with van der Waals surface area (Å²) >= 11 is 6.21. The number of aromatic nitrogens is 1. The van der Waals surface area contributed by atoms with Crippen molar-refractivity contribution < 1.29 is 14.9 Å². The van der Waals surface area contributed by atoms with Gasteiger partial charge in [-0.25, -0.2) is 0 Å². The minimum atomic E-state index is -0.240. The number of anilines is 1. The number of likely N-dealkylation sites (tertiary alicyclic amines) is 1. The molecule has 0 saturated carbocycles. The first kappa shape index (κ1) is 25.7. The van der Waals surface area contributed by atoms with E-state index in [1.807, 2.05) is 50.4 Å². The lowest BCUT2D eigenvalue weighted by Gasteiger charge is -2.46. The third kappa shape index (κ3) is 5.08. The van der Waals surface area contributed by atoms with E-state index in [2.05, 4.69) is 16.8 Å². The summed E-state index contributed by atoms with van der Waals surface area (Å²) in [6, 6.07) is 12.9. The third-order valence-corrected chi connectivity index (χ3v) is 7.06. The number of rotatable bonds is 9. The molecule has 7 nitrogen and oxygen atoms in total. The van der Waals surface area contributed by atoms with Gasteiger partial charge < -0.3 is 20.3 Å². The van der Waals surface area contributed by atoms with Gasteiger partial charge in [-0.05, 0) is 49.4 Å². The van der Waals surface area contributed by atoms with Crippen LogP contribution in [0.2, 0.25) is 5.02 Å². The standard InChI is InChI=1S/C28H32ClN5O2/c1-4-34-16-21(17-34)27(24-15-32-14-20(13-30)26(24)31)33(3)28(35)19-9-10-23(25(12-19)36-5-2)18-7-6-8-22(29)11-18/h6-15,21,27,30H,4-5,16-17H2,1-3H3,(H2,31,32)/p+1/t27-/m0/s1. The molecular weight excluding hydrogens is 474 g/mol. The molecule has 2 aromatic carbocycles. The fourth-order valence-corrected chi connectivity index (χ4v) is 5.06. The first-order valence-corrected chi connectivity index (χ1v) is 12.6. The lowest BCUT2D eigenvalue weighted by Crippen LogP contribution is -2.53. The maximum absolute atomic E-state index is 13.8. The smallest absolute Gasteiger partial charge is 0.254 e. The molecule has 4 N–H and O–H groups in total. The van der Waals surface area contributed by atoms with Crippen LogP contribution in [0.5, 0.6) is 5.75 Å². The first-order chi connectivity index (χ1) is 17.4. The number of amides is 1. The van der Waals surface area contributed by atoms with Gasteiger partial charge in [0.1, 0.15) is 5.75 Å². The lowest BCUT2D eigenvalue weighted by molar-refractivity contribution is -0.104. The zero-order chi connectivity index (χ0) is 25.8. The molecule has 0 unspecified atom stereocenters. The van der Waals surface area contributed by atoms with Gasteiger partial charge >= 0.3 is 0 Å². The molecule has 0 bridgehead atoms. The molecule has 1 atom stereocenters. The van der Waals surface area contributed by atoms with E-state index in [9.17, 15) is 4.79 Å². The summed E-state index contributed by atoms with van der Waals surface area (Å²) in [6.45, 7) is 7.26. The van der Waals surface area contributed by atoms with Crippen LogP contribution in [-0.2, 0) is 0 Å². The van der Waals surface area contributed by atoms with Crippen molar-refractivity contribution >= 4 is 29.4 Å². The third-order valence-electron chi connectivity index (χ3n) is 6.83. The van der Waals surface area contributed by atoms with Crippen molar-refractivity contribution in [1.82, 2.24) is 14.8 Å². The van der Waals surface area contributed by atoms with Crippen molar-refractivity contribution in [2.75, 3.05) is 39.0 Å². The second-order valence-corrected chi connectivity index (χ2v) is 9.46. The number of benzene rings is 2. The predicted octanol–water partition coefficient (Wildman–Crippen LogP) is 3.33. The van der Waals surface area contributed by atoms with Crippen molar-refractivity contribution in [3.63, 3.8) is 0 Å². The molecule has 1 aromatic heterocycles. The largest absolute Gasteiger partial charge is 0.493 e. The molecule has 1 aliphatic rings. The highest BCUT2D eigenvalue weighted by molar-refractivity contribution is 6.30. The number of hydrogen-bond donors (Lipinski definition) is 2. The number of pyridine rings is 1. The molecule has 1 saturated heterocycles. The summed E-state index contributed by atoms with van der Waals surface area (Å²) in [5.74, 6) is 0.750. The molecule has 8 heteroatoms. The number of nitrogen functional groups attached to an aromatic ring is 1. The van der Waals surface area contributed by atoms with E-state index in [0.717, 1.165) is 36.3 Å². The fraction of sp³-hybridized carbons (Fsp3) is 0.321. The number of nitrogens with two attached hydrogens (primary N) is 2. The molecule has 4 rings (SSSR count). The van der Waals surface area contributed by atoms with Gasteiger partial charge in [0.05, 0.1) is 23.9 Å². The highest BCUT2D eigenvalue weighted by atomic mass is 35.5. The van der Waals surface area contributed by atoms with Gasteiger partial charge in [-0.3, -0.25) is 15.2 Å². The Labute approximate surface area is 217 Å². The molecule has 0 spiro atoms. The molecule has 36 heavy (non-hydrogen) atoms. The van der Waals surface area contributed by atoms with Crippen LogP contribution in [0, 0.1) is 5.92 Å². The summed E-state index contributed by atoms with van der Waals surface area (Å²) in [6.07, 6.45) is 4.84. The van der Waals surface area contributed by atoms with Crippen LogP contribution in [-0.4, -0.2) is 60.2 Å². The lowest BCUT2D eigenvalue weighted by atomic mass is 9.85. The summed E-state index contributed by atoms with van der Waals surface area (Å²) < 4.78 is 5.94. The average Bonchev–Trinajstić information content (AvgIpc) is 2.85. The van der Waals surface area contributed by atoms with E-state index in [4.69, 9.17) is 27.5 Å². The Morgan fingerprint density at radius 2 is 2.06 bits per heavy atom. The Kier molecular flexibility index (Phi) is 7.91. The van der Waals surface area contributed by atoms with Crippen LogP contribution in [0.4, 0.5) is 5.69 Å². The van der Waals surface area contributed by atoms with Crippen molar-refractivity contribution in [3.8, 4) is 16.9 Å². The number of carbonyl (C=O) groups is 1. The number of halogens is 1. The summed E-state index contributed by atoms with van der Waals surface area (Å²) in [4.78, 5) is 22.3. The van der Waals surface area contributed by atoms with Gasteiger partial charge in [0.15, 0.2) is 6.21 Å². The van der Waals surface area contributed by atoms with Crippen LogP contribution in [0.1, 0.15) is 41.4 Å². The second kappa shape index (κ2) is 11.1. The number of ether oxygens (including phenoxy) is 1. The maximum atomic E-state index is 13.8. The van der Waals surface area contributed by atoms with Gasteiger partial charge in [-0.15, -0.1) is 0 Å². The Balaban J connectivity index is 1.70. The Bertz CT molecular complexity index is 1260. The normalized spacial score (nSPS) is 14.7. The topological polar surface area (TPSA) is 97.3 Å². The van der Waals surface area contributed by atoms with Crippen LogP contribution in [0.15, 0.2) is 54.9 Å². The van der Waals surface area contributed by atoms with E-state index in [-0.39, 0.29) is 17.9 Å². The number of carbonyl (C=O) groups excluding carboxylic acids is 1. The van der Waals surface area contributed by atoms with E-state index < -0.39 is 0 Å². The Morgan fingerprint density at radius 3 is 2.72 bits per heavy atom. The molecule has 1 fully saturated rings. The van der Waals surface area contributed by atoms with Gasteiger partial charge in [-0.2, -0.15) is 0 Å². The molecular formula is C28H33ClN5O2+. The molecule has 0 aliphatic carbocycles. The Morgan fingerprint density at radius 1 is 1.28 bits per heavy atom. The van der Waals surface area contributed by atoms with Crippen molar-refractivity contribution in [1.29, 1.82) is 0 Å². The van der Waals surface area contributed by atoms with Crippen molar-refractivity contribution in [2.24, 2.45) is 5.92 Å². The maximum Gasteiger partial charge on any atom is 0.254 e. The van der Waals surface area contributed by atoms with Gasteiger partial charge in [0, 0.05) is 60.2 Å². The van der Waals surface area contributed by atoms with E-state index in [1.165, 1.54) is 6.21 Å². The highest BCUT2D eigenvalue weighted by Crippen LogP contribution is 2.39. The van der Waals surface area contributed by atoms with Crippen LogP contribution >= 0.6 is 11.6 Å². The van der Waals surface area contributed by atoms with Crippen LogP contribution < -0.4 is 15.9 Å².